The van der Waals surface area contributed by atoms with E-state index in [0.717, 1.165) is 19.5 Å². The van der Waals surface area contributed by atoms with Gasteiger partial charge in [-0.05, 0) is 25.3 Å². The second-order valence-electron chi connectivity index (χ2n) is 5.11. The van der Waals surface area contributed by atoms with Crippen molar-refractivity contribution in [3.8, 4) is 0 Å². The van der Waals surface area contributed by atoms with Gasteiger partial charge < -0.3 is 4.90 Å². The molecule has 0 bridgehead atoms. The largest absolute Gasteiger partial charge is 0.302 e. The molecule has 0 aromatic rings. The van der Waals surface area contributed by atoms with Crippen LogP contribution in [0.2, 0.25) is 0 Å². The van der Waals surface area contributed by atoms with Crippen LogP contribution < -0.4 is 4.72 Å². The first-order chi connectivity index (χ1) is 7.99. The number of sulfonamides is 1. The number of likely N-dealkylation sites (tertiary alicyclic amines) is 1. The predicted molar refractivity (Wildman–Crippen MR) is 71.5 cm³/mol. The molecule has 0 saturated carbocycles. The fraction of sp³-hybridized carbons (Fsp3) is 1.00. The summed E-state index contributed by atoms with van der Waals surface area (Å²) < 4.78 is 26.3. The highest BCUT2D eigenvalue weighted by molar-refractivity contribution is 7.90. The normalized spacial score (nSPS) is 24.1. The molecule has 0 radical (unpaired) electrons. The summed E-state index contributed by atoms with van der Waals surface area (Å²) in [6.45, 7) is 9.41. The van der Waals surface area contributed by atoms with Crippen LogP contribution in [-0.4, -0.2) is 44.7 Å². The van der Waals surface area contributed by atoms with Crippen LogP contribution in [0, 0.1) is 5.92 Å². The molecule has 1 rings (SSSR count). The summed E-state index contributed by atoms with van der Waals surface area (Å²) in [5, 5.41) is -0.212. The van der Waals surface area contributed by atoms with Gasteiger partial charge in [-0.3, -0.25) is 0 Å². The third-order valence-electron chi connectivity index (χ3n) is 3.36. The molecule has 0 amide bonds. The van der Waals surface area contributed by atoms with Crippen molar-refractivity contribution in [1.29, 1.82) is 0 Å². The summed E-state index contributed by atoms with van der Waals surface area (Å²) in [6, 6.07) is 0. The average Bonchev–Trinajstić information content (AvgIpc) is 2.67. The summed E-state index contributed by atoms with van der Waals surface area (Å²) in [7, 11) is -3.08. The van der Waals surface area contributed by atoms with E-state index in [1.54, 1.807) is 0 Å². The Morgan fingerprint density at radius 1 is 1.41 bits per heavy atom. The molecule has 17 heavy (non-hydrogen) atoms. The lowest BCUT2D eigenvalue weighted by molar-refractivity contribution is 0.279. The van der Waals surface area contributed by atoms with Crippen LogP contribution in [0.15, 0.2) is 0 Å². The molecule has 1 fully saturated rings. The molecule has 1 heterocycles. The van der Waals surface area contributed by atoms with Crippen LogP contribution in [0.4, 0.5) is 0 Å². The maximum atomic E-state index is 11.9. The lowest BCUT2D eigenvalue weighted by atomic mass is 10.1. The molecular formula is C12H26N2O2S. The van der Waals surface area contributed by atoms with E-state index < -0.39 is 10.0 Å². The van der Waals surface area contributed by atoms with Gasteiger partial charge in [-0.15, -0.1) is 0 Å². The first kappa shape index (κ1) is 14.9. The Balaban J connectivity index is 2.42. The minimum atomic E-state index is -3.08. The van der Waals surface area contributed by atoms with E-state index in [1.807, 2.05) is 6.92 Å². The van der Waals surface area contributed by atoms with Gasteiger partial charge >= 0.3 is 0 Å². The van der Waals surface area contributed by atoms with E-state index in [1.165, 1.54) is 12.8 Å². The van der Waals surface area contributed by atoms with Gasteiger partial charge in [0.15, 0.2) is 0 Å². The number of hydrogen-bond donors (Lipinski definition) is 1. The van der Waals surface area contributed by atoms with Crippen LogP contribution in [-0.2, 0) is 10.0 Å². The molecule has 0 aromatic heterocycles. The van der Waals surface area contributed by atoms with E-state index in [9.17, 15) is 8.42 Å². The highest BCUT2D eigenvalue weighted by atomic mass is 32.2. The third-order valence-corrected chi connectivity index (χ3v) is 5.32. The zero-order chi connectivity index (χ0) is 12.9. The van der Waals surface area contributed by atoms with Gasteiger partial charge in [0.25, 0.3) is 0 Å². The summed E-state index contributed by atoms with van der Waals surface area (Å²) in [6.07, 6.45) is 3.20. The fourth-order valence-corrected chi connectivity index (χ4v) is 4.02. The van der Waals surface area contributed by atoms with Gasteiger partial charge in [-0.2, -0.15) is 0 Å². The van der Waals surface area contributed by atoms with Crippen molar-refractivity contribution in [3.63, 3.8) is 0 Å². The molecule has 4 nitrogen and oxygen atoms in total. The Kier molecular flexibility index (Phi) is 5.89. The zero-order valence-corrected chi connectivity index (χ0v) is 12.1. The Labute approximate surface area is 106 Å². The molecule has 5 heteroatoms. The van der Waals surface area contributed by atoms with E-state index in [-0.39, 0.29) is 5.25 Å². The number of rotatable bonds is 7. The minimum absolute atomic E-state index is 0.212. The highest BCUT2D eigenvalue weighted by Gasteiger charge is 2.32. The first-order valence-corrected chi connectivity index (χ1v) is 8.25. The van der Waals surface area contributed by atoms with Gasteiger partial charge in [0, 0.05) is 19.6 Å². The summed E-state index contributed by atoms with van der Waals surface area (Å²) in [5.74, 6) is 0.667. The zero-order valence-electron chi connectivity index (χ0n) is 11.3. The van der Waals surface area contributed by atoms with Gasteiger partial charge in [0.2, 0.25) is 10.0 Å². The second kappa shape index (κ2) is 6.71. The monoisotopic (exact) mass is 262 g/mol. The molecule has 102 valence electrons. The Bertz CT molecular complexity index is 316. The molecule has 0 aliphatic carbocycles. The number of nitrogens with zero attached hydrogens (tertiary/aromatic N) is 1. The molecule has 0 spiro atoms. The van der Waals surface area contributed by atoms with E-state index in [4.69, 9.17) is 0 Å². The van der Waals surface area contributed by atoms with Gasteiger partial charge in [-0.25, -0.2) is 13.1 Å². The lowest BCUT2D eigenvalue weighted by Gasteiger charge is -2.20. The van der Waals surface area contributed by atoms with Gasteiger partial charge in [-0.1, -0.05) is 27.2 Å². The van der Waals surface area contributed by atoms with Crippen molar-refractivity contribution in [2.24, 2.45) is 5.92 Å². The fourth-order valence-electron chi connectivity index (χ4n) is 2.56. The van der Waals surface area contributed by atoms with Crippen LogP contribution in [0.1, 0.15) is 40.0 Å². The topological polar surface area (TPSA) is 49.4 Å². The summed E-state index contributed by atoms with van der Waals surface area (Å²) in [5.41, 5.74) is 0. The standard InChI is InChI=1S/C12H26N2O2S/c1-4-6-11(3)9-14-8-7-12(10-14)17(15,16)13-5-2/h11-13H,4-10H2,1-3H3. The Morgan fingerprint density at radius 2 is 2.12 bits per heavy atom. The van der Waals surface area contributed by atoms with Crippen LogP contribution in [0.3, 0.4) is 0 Å². The van der Waals surface area contributed by atoms with Crippen molar-refractivity contribution in [2.75, 3.05) is 26.2 Å². The third kappa shape index (κ3) is 4.56. The second-order valence-corrected chi connectivity index (χ2v) is 7.15. The average molecular weight is 262 g/mol. The number of hydrogen-bond acceptors (Lipinski definition) is 3. The van der Waals surface area contributed by atoms with Crippen molar-refractivity contribution < 1.29 is 8.42 Å². The van der Waals surface area contributed by atoms with Crippen LogP contribution >= 0.6 is 0 Å². The quantitative estimate of drug-likeness (QED) is 0.755. The summed E-state index contributed by atoms with van der Waals surface area (Å²) in [4.78, 5) is 2.29. The van der Waals surface area contributed by atoms with Gasteiger partial charge in [0.1, 0.15) is 0 Å². The smallest absolute Gasteiger partial charge is 0.215 e. The number of nitrogens with one attached hydrogen (secondary N) is 1. The Hall–Kier alpha value is -0.130. The maximum absolute atomic E-state index is 11.9. The van der Waals surface area contributed by atoms with Crippen molar-refractivity contribution in [1.82, 2.24) is 9.62 Å². The van der Waals surface area contributed by atoms with E-state index in [0.29, 0.717) is 19.0 Å². The van der Waals surface area contributed by atoms with Crippen LogP contribution in [0.25, 0.3) is 0 Å². The maximum Gasteiger partial charge on any atom is 0.215 e. The van der Waals surface area contributed by atoms with Crippen molar-refractivity contribution in [3.05, 3.63) is 0 Å². The summed E-state index contributed by atoms with van der Waals surface area (Å²) >= 11 is 0. The molecule has 1 aliphatic heterocycles. The first-order valence-electron chi connectivity index (χ1n) is 6.70. The predicted octanol–water partition coefficient (Wildman–Crippen LogP) is 1.44. The lowest BCUT2D eigenvalue weighted by Crippen LogP contribution is -2.36. The van der Waals surface area contributed by atoms with Crippen LogP contribution in [0.5, 0.6) is 0 Å². The molecule has 1 aliphatic rings. The van der Waals surface area contributed by atoms with E-state index >= 15 is 0 Å². The molecule has 1 N–H and O–H groups in total. The molecule has 2 atom stereocenters. The van der Waals surface area contributed by atoms with Gasteiger partial charge in [0.05, 0.1) is 5.25 Å². The molecule has 0 aromatic carbocycles. The van der Waals surface area contributed by atoms with E-state index in [2.05, 4.69) is 23.5 Å². The SMILES string of the molecule is CCCC(C)CN1CCC(S(=O)(=O)NCC)C1. The van der Waals surface area contributed by atoms with Crippen molar-refractivity contribution in [2.45, 2.75) is 45.3 Å². The minimum Gasteiger partial charge on any atom is -0.302 e. The molecule has 1 saturated heterocycles. The van der Waals surface area contributed by atoms with Crippen molar-refractivity contribution >= 4 is 10.0 Å². The molecular weight excluding hydrogens is 236 g/mol. The Morgan fingerprint density at radius 3 is 2.71 bits per heavy atom. The molecule has 2 unspecified atom stereocenters. The highest BCUT2D eigenvalue weighted by Crippen LogP contribution is 2.18.